The highest BCUT2D eigenvalue weighted by molar-refractivity contribution is 5.78. The molecule has 1 aliphatic rings. The van der Waals surface area contributed by atoms with Gasteiger partial charge in [-0.25, -0.2) is 0 Å². The lowest BCUT2D eigenvalue weighted by Crippen LogP contribution is -2.46. The summed E-state index contributed by atoms with van der Waals surface area (Å²) in [5, 5.41) is 3.10. The Balaban J connectivity index is 1.81. The average Bonchev–Trinajstić information content (AvgIpc) is 2.48. The maximum absolute atomic E-state index is 11.8. The van der Waals surface area contributed by atoms with Gasteiger partial charge in [-0.15, -0.1) is 0 Å². The van der Waals surface area contributed by atoms with Crippen molar-refractivity contribution in [2.24, 2.45) is 11.7 Å². The second-order valence-corrected chi connectivity index (χ2v) is 5.24. The Hall–Kier alpha value is -1.55. The van der Waals surface area contributed by atoms with Crippen molar-refractivity contribution in [1.29, 1.82) is 0 Å². The van der Waals surface area contributed by atoms with E-state index >= 15 is 0 Å². The number of nitrogens with one attached hydrogen (secondary N) is 1. The van der Waals surface area contributed by atoms with Crippen molar-refractivity contribution in [3.63, 3.8) is 0 Å². The lowest BCUT2D eigenvalue weighted by molar-refractivity contribution is -0.125. The van der Waals surface area contributed by atoms with Gasteiger partial charge < -0.3 is 16.0 Å². The molecule has 1 aromatic rings. The van der Waals surface area contributed by atoms with Gasteiger partial charge in [0.05, 0.1) is 0 Å². The number of carbonyl (C=O) groups excluding carboxylic acids is 1. The van der Waals surface area contributed by atoms with Crippen molar-refractivity contribution in [3.8, 4) is 0 Å². The van der Waals surface area contributed by atoms with Gasteiger partial charge in [0.1, 0.15) is 0 Å². The summed E-state index contributed by atoms with van der Waals surface area (Å²) in [6.07, 6.45) is 2.00. The van der Waals surface area contributed by atoms with E-state index in [0.29, 0.717) is 12.6 Å². The first-order chi connectivity index (χ1) is 9.20. The van der Waals surface area contributed by atoms with Crippen LogP contribution in [0.4, 0.5) is 5.69 Å². The summed E-state index contributed by atoms with van der Waals surface area (Å²) >= 11 is 0. The quantitative estimate of drug-likeness (QED) is 0.860. The largest absolute Gasteiger partial charge is 0.371 e. The van der Waals surface area contributed by atoms with Gasteiger partial charge in [0.25, 0.3) is 0 Å². The normalized spacial score (nSPS) is 18.1. The minimum absolute atomic E-state index is 0.0839. The van der Waals surface area contributed by atoms with Gasteiger partial charge in [-0.2, -0.15) is 0 Å². The summed E-state index contributed by atoms with van der Waals surface area (Å²) in [5.74, 6) is -0.00665. The number of nitrogens with zero attached hydrogens (tertiary/aromatic N) is 1. The topological polar surface area (TPSA) is 58.4 Å². The fourth-order valence-corrected chi connectivity index (χ4v) is 2.37. The van der Waals surface area contributed by atoms with Crippen LogP contribution in [0.1, 0.15) is 19.8 Å². The minimum Gasteiger partial charge on any atom is -0.371 e. The molecule has 4 heteroatoms. The third-order valence-electron chi connectivity index (χ3n) is 3.76. The van der Waals surface area contributed by atoms with E-state index in [1.54, 1.807) is 0 Å². The maximum Gasteiger partial charge on any atom is 0.224 e. The van der Waals surface area contributed by atoms with Gasteiger partial charge in [0.2, 0.25) is 5.91 Å². The predicted molar refractivity (Wildman–Crippen MR) is 78.0 cm³/mol. The van der Waals surface area contributed by atoms with Crippen molar-refractivity contribution in [1.82, 2.24) is 5.32 Å². The molecule has 1 heterocycles. The van der Waals surface area contributed by atoms with Crippen LogP contribution < -0.4 is 16.0 Å². The van der Waals surface area contributed by atoms with E-state index in [0.717, 1.165) is 25.9 Å². The molecule has 1 amide bonds. The highest BCUT2D eigenvalue weighted by Crippen LogP contribution is 2.19. The third-order valence-corrected chi connectivity index (χ3v) is 3.76. The molecule has 2 rings (SSSR count). The number of hydrogen-bond acceptors (Lipinski definition) is 3. The van der Waals surface area contributed by atoms with Gasteiger partial charge in [0.15, 0.2) is 0 Å². The molecular weight excluding hydrogens is 238 g/mol. The molecule has 1 unspecified atom stereocenters. The van der Waals surface area contributed by atoms with Crippen LogP contribution in [0.25, 0.3) is 0 Å². The Kier molecular flexibility index (Phi) is 4.80. The van der Waals surface area contributed by atoms with Gasteiger partial charge in [-0.1, -0.05) is 25.1 Å². The van der Waals surface area contributed by atoms with Crippen LogP contribution >= 0.6 is 0 Å². The Labute approximate surface area is 115 Å². The number of carbonyl (C=O) groups is 1. The maximum atomic E-state index is 11.8. The summed E-state index contributed by atoms with van der Waals surface area (Å²) in [6, 6.07) is 10.7. The number of rotatable bonds is 4. The number of nitrogens with two attached hydrogens (primary N) is 1. The molecule has 0 aliphatic carbocycles. The monoisotopic (exact) mass is 261 g/mol. The molecule has 104 valence electrons. The first-order valence-electron chi connectivity index (χ1n) is 7.01. The van der Waals surface area contributed by atoms with Crippen LogP contribution in [0.15, 0.2) is 30.3 Å². The predicted octanol–water partition coefficient (Wildman–Crippen LogP) is 1.37. The van der Waals surface area contributed by atoms with Gasteiger partial charge in [0, 0.05) is 37.3 Å². The minimum atomic E-state index is -0.0906. The lowest BCUT2D eigenvalue weighted by Gasteiger charge is -2.34. The molecule has 0 bridgehead atoms. The molecule has 4 nitrogen and oxygen atoms in total. The van der Waals surface area contributed by atoms with Gasteiger partial charge >= 0.3 is 0 Å². The molecular formula is C15H23N3O. The Bertz CT molecular complexity index is 399. The first-order valence-corrected chi connectivity index (χ1v) is 7.01. The first kappa shape index (κ1) is 13.9. The number of hydrogen-bond donors (Lipinski definition) is 2. The van der Waals surface area contributed by atoms with E-state index in [4.69, 9.17) is 5.73 Å². The zero-order valence-electron chi connectivity index (χ0n) is 11.5. The van der Waals surface area contributed by atoms with Crippen LogP contribution in [0.5, 0.6) is 0 Å². The van der Waals surface area contributed by atoms with E-state index in [1.807, 2.05) is 13.0 Å². The average molecular weight is 261 g/mol. The third kappa shape index (κ3) is 3.70. The number of amides is 1. The van der Waals surface area contributed by atoms with Crippen molar-refractivity contribution in [2.45, 2.75) is 25.8 Å². The highest BCUT2D eigenvalue weighted by atomic mass is 16.1. The molecule has 1 atom stereocenters. The van der Waals surface area contributed by atoms with Crippen molar-refractivity contribution < 1.29 is 4.79 Å². The number of piperidine rings is 1. The molecule has 1 fully saturated rings. The van der Waals surface area contributed by atoms with Crippen LogP contribution in [-0.2, 0) is 4.79 Å². The van der Waals surface area contributed by atoms with Crippen molar-refractivity contribution in [2.75, 3.05) is 24.5 Å². The second kappa shape index (κ2) is 6.57. The molecule has 1 aliphatic heterocycles. The summed E-state index contributed by atoms with van der Waals surface area (Å²) in [5.41, 5.74) is 6.77. The van der Waals surface area contributed by atoms with Crippen LogP contribution in [-0.4, -0.2) is 31.6 Å². The van der Waals surface area contributed by atoms with Gasteiger partial charge in [-0.3, -0.25) is 4.79 Å². The van der Waals surface area contributed by atoms with Crippen LogP contribution in [0.3, 0.4) is 0 Å². The van der Waals surface area contributed by atoms with Gasteiger partial charge in [-0.05, 0) is 25.0 Å². The lowest BCUT2D eigenvalue weighted by atomic mass is 10.0. The smallest absolute Gasteiger partial charge is 0.224 e. The summed E-state index contributed by atoms with van der Waals surface area (Å²) in [7, 11) is 0. The molecule has 0 saturated carbocycles. The number of para-hydroxylation sites is 1. The zero-order valence-corrected chi connectivity index (χ0v) is 11.5. The highest BCUT2D eigenvalue weighted by Gasteiger charge is 2.22. The standard InChI is InChI=1S/C15H23N3O/c1-12(11-16)15(19)17-13-7-9-18(10-8-13)14-5-3-2-4-6-14/h2-6,12-13H,7-11,16H2,1H3,(H,17,19). The number of anilines is 1. The molecule has 19 heavy (non-hydrogen) atoms. The SMILES string of the molecule is CC(CN)C(=O)NC1CCN(c2ccccc2)CC1. The molecule has 0 radical (unpaired) electrons. The zero-order chi connectivity index (χ0) is 13.7. The Morgan fingerprint density at radius 2 is 2.00 bits per heavy atom. The van der Waals surface area contributed by atoms with E-state index in [1.165, 1.54) is 5.69 Å². The molecule has 1 aromatic carbocycles. The molecule has 0 aromatic heterocycles. The second-order valence-electron chi connectivity index (χ2n) is 5.24. The number of benzene rings is 1. The van der Waals surface area contributed by atoms with Crippen LogP contribution in [0.2, 0.25) is 0 Å². The fraction of sp³-hybridized carbons (Fsp3) is 0.533. The fourth-order valence-electron chi connectivity index (χ4n) is 2.37. The van der Waals surface area contributed by atoms with Crippen LogP contribution in [0, 0.1) is 5.92 Å². The molecule has 1 saturated heterocycles. The van der Waals surface area contributed by atoms with Crippen molar-refractivity contribution in [3.05, 3.63) is 30.3 Å². The Morgan fingerprint density at radius 1 is 1.37 bits per heavy atom. The summed E-state index contributed by atoms with van der Waals surface area (Å²) < 4.78 is 0. The van der Waals surface area contributed by atoms with Crippen molar-refractivity contribution >= 4 is 11.6 Å². The molecule has 3 N–H and O–H groups in total. The summed E-state index contributed by atoms with van der Waals surface area (Å²) in [6.45, 7) is 4.26. The summed E-state index contributed by atoms with van der Waals surface area (Å²) in [4.78, 5) is 14.2. The van der Waals surface area contributed by atoms with E-state index in [2.05, 4.69) is 34.5 Å². The van der Waals surface area contributed by atoms with E-state index in [-0.39, 0.29) is 11.8 Å². The van der Waals surface area contributed by atoms with E-state index < -0.39 is 0 Å². The molecule has 0 spiro atoms. The van der Waals surface area contributed by atoms with E-state index in [9.17, 15) is 4.79 Å². The Morgan fingerprint density at radius 3 is 2.58 bits per heavy atom.